The lowest BCUT2D eigenvalue weighted by Crippen LogP contribution is -2.57. The second-order valence-corrected chi connectivity index (χ2v) is 5.28. The van der Waals surface area contributed by atoms with Crippen LogP contribution in [0.5, 0.6) is 0 Å². The quantitative estimate of drug-likeness (QED) is 0.871. The minimum Gasteiger partial charge on any atom is -0.455 e. The summed E-state index contributed by atoms with van der Waals surface area (Å²) in [6.07, 6.45) is 0. The Balaban J connectivity index is 1.58. The zero-order valence-corrected chi connectivity index (χ0v) is 11.2. The number of nitrogens with two attached hydrogens (primary N) is 1. The molecule has 3 aliphatic rings. The highest BCUT2D eigenvalue weighted by atomic mass is 16.5. The van der Waals surface area contributed by atoms with Crippen molar-refractivity contribution in [2.24, 2.45) is 5.73 Å². The summed E-state index contributed by atoms with van der Waals surface area (Å²) >= 11 is 0. The fourth-order valence-electron chi connectivity index (χ4n) is 2.94. The number of aromatic nitrogens is 2. The molecule has 0 spiro atoms. The number of piperazine rings is 3. The smallest absolute Gasteiger partial charge is 0.293 e. The molecule has 106 valence electrons. The molecule has 3 saturated heterocycles. The maximum absolute atomic E-state index is 5.54. The minimum absolute atomic E-state index is 0.235. The molecule has 20 heavy (non-hydrogen) atoms. The first kappa shape index (κ1) is 12.1. The highest BCUT2D eigenvalue weighted by Crippen LogP contribution is 2.29. The molecule has 1 atom stereocenters. The van der Waals surface area contributed by atoms with Gasteiger partial charge >= 0.3 is 0 Å². The number of nitrogens with zero attached hydrogens (tertiary/aromatic N) is 4. The van der Waals surface area contributed by atoms with Gasteiger partial charge in [0.05, 0.1) is 12.6 Å². The average Bonchev–Trinajstić information content (AvgIpc) is 3.17. The highest BCUT2D eigenvalue weighted by molar-refractivity contribution is 5.44. The number of hydrogen-bond acceptors (Lipinski definition) is 7. The van der Waals surface area contributed by atoms with Crippen molar-refractivity contribution in [3.63, 3.8) is 0 Å². The monoisotopic (exact) mass is 275 g/mol. The first-order valence-corrected chi connectivity index (χ1v) is 6.92. The van der Waals surface area contributed by atoms with Crippen molar-refractivity contribution in [2.75, 3.05) is 32.7 Å². The maximum atomic E-state index is 5.54. The number of hydrogen-bond donors (Lipinski definition) is 1. The highest BCUT2D eigenvalue weighted by Gasteiger charge is 2.35. The summed E-state index contributed by atoms with van der Waals surface area (Å²) in [5, 5.41) is 4.12. The van der Waals surface area contributed by atoms with Gasteiger partial charge in [-0.15, -0.1) is 0 Å². The summed E-state index contributed by atoms with van der Waals surface area (Å²) in [6, 6.07) is 3.88. The number of fused-ring (bicyclic) bond motifs is 3. The van der Waals surface area contributed by atoms with Gasteiger partial charge < -0.3 is 14.7 Å². The molecule has 3 aliphatic heterocycles. The molecule has 5 heterocycles. The van der Waals surface area contributed by atoms with E-state index in [9.17, 15) is 0 Å². The average molecular weight is 275 g/mol. The van der Waals surface area contributed by atoms with Crippen molar-refractivity contribution in [3.05, 3.63) is 23.7 Å². The van der Waals surface area contributed by atoms with Crippen LogP contribution >= 0.6 is 0 Å². The third kappa shape index (κ3) is 1.94. The second-order valence-electron chi connectivity index (χ2n) is 5.28. The SMILES string of the molecule is NCc1ccc(-c2nc(C3CN4CCN3CC4)no2)o1. The summed E-state index contributed by atoms with van der Waals surface area (Å²) < 4.78 is 10.9. The standard InChI is InChI=1S/C13H17N5O2/c14-7-9-1-2-11(19-9)13-15-12(16-20-13)10-8-17-3-5-18(10)6-4-17/h1-2,10H,3-8,14H2. The normalized spacial score (nSPS) is 28.9. The van der Waals surface area contributed by atoms with E-state index in [1.807, 2.05) is 12.1 Å². The summed E-state index contributed by atoms with van der Waals surface area (Å²) in [4.78, 5) is 9.35. The Morgan fingerprint density at radius 1 is 1.25 bits per heavy atom. The molecule has 0 aromatic carbocycles. The van der Waals surface area contributed by atoms with Gasteiger partial charge in [-0.05, 0) is 12.1 Å². The van der Waals surface area contributed by atoms with Crippen molar-refractivity contribution in [2.45, 2.75) is 12.6 Å². The largest absolute Gasteiger partial charge is 0.455 e. The maximum Gasteiger partial charge on any atom is 0.293 e. The van der Waals surface area contributed by atoms with Crippen molar-refractivity contribution < 1.29 is 8.94 Å². The van der Waals surface area contributed by atoms with Gasteiger partial charge in [0.2, 0.25) is 0 Å². The van der Waals surface area contributed by atoms with Gasteiger partial charge in [0.25, 0.3) is 5.89 Å². The Bertz CT molecular complexity index is 599. The zero-order chi connectivity index (χ0) is 13.5. The molecular weight excluding hydrogens is 258 g/mol. The summed E-state index contributed by atoms with van der Waals surface area (Å²) in [6.45, 7) is 5.77. The molecule has 2 N–H and O–H groups in total. The Labute approximate surface area is 116 Å². The van der Waals surface area contributed by atoms with Crippen molar-refractivity contribution in [3.8, 4) is 11.7 Å². The summed E-state index contributed by atoms with van der Waals surface area (Å²) in [7, 11) is 0. The second kappa shape index (κ2) is 4.69. The minimum atomic E-state index is 0.235. The van der Waals surface area contributed by atoms with Crippen molar-refractivity contribution >= 4 is 0 Å². The van der Waals surface area contributed by atoms with E-state index in [4.69, 9.17) is 14.7 Å². The van der Waals surface area contributed by atoms with Crippen LogP contribution in [0.1, 0.15) is 17.6 Å². The lowest BCUT2D eigenvalue weighted by Gasteiger charge is -2.46. The van der Waals surface area contributed by atoms with Crippen LogP contribution in [0.2, 0.25) is 0 Å². The van der Waals surface area contributed by atoms with Crippen LogP contribution in [0.3, 0.4) is 0 Å². The van der Waals surface area contributed by atoms with Crippen LogP contribution < -0.4 is 5.73 Å². The van der Waals surface area contributed by atoms with E-state index in [1.54, 1.807) is 0 Å². The van der Waals surface area contributed by atoms with Gasteiger partial charge in [0.15, 0.2) is 11.6 Å². The van der Waals surface area contributed by atoms with Gasteiger partial charge in [-0.2, -0.15) is 4.98 Å². The predicted octanol–water partition coefficient (Wildman–Crippen LogP) is 0.461. The van der Waals surface area contributed by atoms with Crippen LogP contribution in [0.25, 0.3) is 11.7 Å². The molecule has 7 nitrogen and oxygen atoms in total. The third-order valence-electron chi connectivity index (χ3n) is 4.09. The lowest BCUT2D eigenvalue weighted by atomic mass is 10.1. The van der Waals surface area contributed by atoms with Crippen LogP contribution in [0.4, 0.5) is 0 Å². The fourth-order valence-corrected chi connectivity index (χ4v) is 2.94. The van der Waals surface area contributed by atoms with Crippen molar-refractivity contribution in [1.82, 2.24) is 19.9 Å². The zero-order valence-electron chi connectivity index (χ0n) is 11.2. The molecule has 0 saturated carbocycles. The number of rotatable bonds is 3. The molecule has 5 rings (SSSR count). The van der Waals surface area contributed by atoms with Crippen LogP contribution in [0, 0.1) is 0 Å². The van der Waals surface area contributed by atoms with Crippen molar-refractivity contribution in [1.29, 1.82) is 0 Å². The summed E-state index contributed by atoms with van der Waals surface area (Å²) in [5.41, 5.74) is 5.53. The Morgan fingerprint density at radius 3 is 2.75 bits per heavy atom. The molecular formula is C13H17N5O2. The Hall–Kier alpha value is -1.70. The van der Waals surface area contributed by atoms with E-state index >= 15 is 0 Å². The van der Waals surface area contributed by atoms with E-state index in [0.29, 0.717) is 24.0 Å². The van der Waals surface area contributed by atoms with Gasteiger partial charge in [0.1, 0.15) is 5.76 Å². The van der Waals surface area contributed by atoms with Crippen LogP contribution in [-0.2, 0) is 6.54 Å². The molecule has 2 aromatic heterocycles. The van der Waals surface area contributed by atoms with Gasteiger partial charge in [0, 0.05) is 32.7 Å². The van der Waals surface area contributed by atoms with Crippen LogP contribution in [-0.4, -0.2) is 52.7 Å². The third-order valence-corrected chi connectivity index (χ3v) is 4.09. The predicted molar refractivity (Wildman–Crippen MR) is 70.6 cm³/mol. The fraction of sp³-hybridized carbons (Fsp3) is 0.538. The van der Waals surface area contributed by atoms with E-state index < -0.39 is 0 Å². The number of furan rings is 1. The first-order chi connectivity index (χ1) is 9.83. The van der Waals surface area contributed by atoms with Gasteiger partial charge in [-0.1, -0.05) is 5.16 Å². The topological polar surface area (TPSA) is 84.6 Å². The molecule has 7 heteroatoms. The molecule has 0 amide bonds. The van der Waals surface area contributed by atoms with E-state index in [-0.39, 0.29) is 6.04 Å². The molecule has 2 bridgehead atoms. The van der Waals surface area contributed by atoms with E-state index in [0.717, 1.165) is 38.5 Å². The van der Waals surface area contributed by atoms with Crippen LogP contribution in [0.15, 0.2) is 21.1 Å². The van der Waals surface area contributed by atoms with E-state index in [2.05, 4.69) is 19.9 Å². The molecule has 3 fully saturated rings. The molecule has 0 aliphatic carbocycles. The molecule has 2 aromatic rings. The lowest BCUT2D eigenvalue weighted by molar-refractivity contribution is 0.00781. The first-order valence-electron chi connectivity index (χ1n) is 6.92. The molecule has 0 radical (unpaired) electrons. The van der Waals surface area contributed by atoms with Gasteiger partial charge in [-0.25, -0.2) is 0 Å². The van der Waals surface area contributed by atoms with E-state index in [1.165, 1.54) is 0 Å². The summed E-state index contributed by atoms with van der Waals surface area (Å²) in [5.74, 6) is 2.47. The Kier molecular flexibility index (Phi) is 2.83. The van der Waals surface area contributed by atoms with Gasteiger partial charge in [-0.3, -0.25) is 9.80 Å². The Morgan fingerprint density at radius 2 is 2.10 bits per heavy atom. The molecule has 1 unspecified atom stereocenters.